The lowest BCUT2D eigenvalue weighted by molar-refractivity contribution is -0.122. The van der Waals surface area contributed by atoms with Gasteiger partial charge in [0, 0.05) is 0 Å². The zero-order valence-electron chi connectivity index (χ0n) is 16.1. The first-order valence-corrected chi connectivity index (χ1v) is 10.7. The van der Waals surface area contributed by atoms with Crippen molar-refractivity contribution in [2.24, 2.45) is 11.8 Å². The van der Waals surface area contributed by atoms with Crippen molar-refractivity contribution in [2.75, 3.05) is 4.90 Å². The molecule has 0 N–H and O–H groups in total. The van der Waals surface area contributed by atoms with Crippen LogP contribution in [0.25, 0.3) is 0 Å². The molecule has 0 unspecified atom stereocenters. The Morgan fingerprint density at radius 2 is 1.03 bits per heavy atom. The van der Waals surface area contributed by atoms with Crippen LogP contribution >= 0.6 is 23.2 Å². The van der Waals surface area contributed by atoms with Gasteiger partial charge in [0.2, 0.25) is 11.8 Å². The molecular formula is C25H17Cl2NO2. The number of carbonyl (C=O) groups excluding carboxylic acids is 2. The molecule has 1 fully saturated rings. The Morgan fingerprint density at radius 3 is 1.43 bits per heavy atom. The van der Waals surface area contributed by atoms with Crippen LogP contribution in [0.2, 0.25) is 0 Å². The Bertz CT molecular complexity index is 1150. The predicted molar refractivity (Wildman–Crippen MR) is 117 cm³/mol. The number of nitrogens with zero attached hydrogens (tertiary/aromatic N) is 1. The maximum absolute atomic E-state index is 13.8. The molecule has 1 aliphatic heterocycles. The Kier molecular flexibility index (Phi) is 3.48. The number of benzene rings is 3. The van der Waals surface area contributed by atoms with Gasteiger partial charge in [0.05, 0.1) is 17.5 Å². The lowest BCUT2D eigenvalue weighted by atomic mass is 9.54. The monoisotopic (exact) mass is 433 g/mol. The maximum Gasteiger partial charge on any atom is 0.240 e. The minimum absolute atomic E-state index is 0.289. The molecule has 0 saturated carbocycles. The smallest absolute Gasteiger partial charge is 0.240 e. The highest BCUT2D eigenvalue weighted by atomic mass is 35.5. The Balaban J connectivity index is 1.68. The maximum atomic E-state index is 13.8. The van der Waals surface area contributed by atoms with E-state index in [1.54, 1.807) is 6.07 Å². The molecule has 4 aliphatic rings. The van der Waals surface area contributed by atoms with Crippen LogP contribution < -0.4 is 4.90 Å². The topological polar surface area (TPSA) is 37.4 Å². The molecule has 0 aromatic heterocycles. The predicted octanol–water partition coefficient (Wildman–Crippen LogP) is 5.09. The van der Waals surface area contributed by atoms with Crippen LogP contribution in [0.4, 0.5) is 5.69 Å². The molecule has 3 nitrogen and oxygen atoms in total. The van der Waals surface area contributed by atoms with E-state index in [0.29, 0.717) is 5.69 Å². The Morgan fingerprint density at radius 1 is 0.667 bits per heavy atom. The van der Waals surface area contributed by atoms with Gasteiger partial charge < -0.3 is 0 Å². The molecule has 2 amide bonds. The summed E-state index contributed by atoms with van der Waals surface area (Å²) in [5.41, 5.74) is 4.70. The molecule has 5 heteroatoms. The van der Waals surface area contributed by atoms with Crippen LogP contribution in [-0.4, -0.2) is 11.8 Å². The van der Waals surface area contributed by atoms with E-state index in [4.69, 9.17) is 23.2 Å². The van der Waals surface area contributed by atoms with E-state index in [0.717, 1.165) is 27.8 Å². The van der Waals surface area contributed by atoms with E-state index in [9.17, 15) is 9.59 Å². The van der Waals surface area contributed by atoms with Gasteiger partial charge in [0.25, 0.3) is 0 Å². The van der Waals surface area contributed by atoms with Crippen molar-refractivity contribution in [2.45, 2.75) is 16.7 Å². The van der Waals surface area contributed by atoms with Gasteiger partial charge in [-0.25, -0.2) is 4.90 Å². The van der Waals surface area contributed by atoms with E-state index in [1.807, 2.05) is 73.7 Å². The van der Waals surface area contributed by atoms with Crippen molar-refractivity contribution < 1.29 is 9.59 Å². The van der Waals surface area contributed by atoms with Crippen molar-refractivity contribution in [3.8, 4) is 0 Å². The number of amides is 2. The van der Waals surface area contributed by atoms with Gasteiger partial charge in [-0.3, -0.25) is 9.59 Å². The molecule has 3 aliphatic carbocycles. The number of halogens is 2. The summed E-state index contributed by atoms with van der Waals surface area (Å²) < 4.78 is 0. The largest absolute Gasteiger partial charge is 0.274 e. The van der Waals surface area contributed by atoms with Crippen LogP contribution in [0.1, 0.15) is 27.8 Å². The number of imide groups is 1. The molecule has 3 aromatic rings. The van der Waals surface area contributed by atoms with Crippen molar-refractivity contribution in [3.05, 3.63) is 101 Å². The van der Waals surface area contributed by atoms with Crippen molar-refractivity contribution in [1.29, 1.82) is 0 Å². The summed E-state index contributed by atoms with van der Waals surface area (Å²) in [4.78, 5) is 26.7. The molecule has 30 heavy (non-hydrogen) atoms. The molecule has 1 saturated heterocycles. The number of carbonyl (C=O) groups is 2. The van der Waals surface area contributed by atoms with Gasteiger partial charge in [-0.05, 0) is 40.8 Å². The fourth-order valence-electron chi connectivity index (χ4n) is 5.72. The average Bonchev–Trinajstić information content (AvgIpc) is 3.04. The number of alkyl halides is 2. The molecule has 7 rings (SSSR count). The van der Waals surface area contributed by atoms with Gasteiger partial charge in [-0.2, -0.15) is 0 Å². The highest BCUT2D eigenvalue weighted by Gasteiger charge is 2.73. The molecule has 1 heterocycles. The summed E-state index contributed by atoms with van der Waals surface area (Å²) in [5.74, 6) is -2.12. The molecule has 0 spiro atoms. The number of rotatable bonds is 1. The standard InChI is InChI=1S/C25H17Cl2NO2/c1-14-8-2-7-13-19(14)28-22(29)20-21(23(28)30)25(27)16-10-4-3-9-15(16)24(20,26)17-11-5-6-12-18(17)25/h2-13,20-21H,1H3/t20-,21+,24?,25?. The number of hydrogen-bond donors (Lipinski definition) is 0. The molecular weight excluding hydrogens is 417 g/mol. The third-order valence-electron chi connectivity index (χ3n) is 6.94. The van der Waals surface area contributed by atoms with Gasteiger partial charge in [0.1, 0.15) is 9.75 Å². The Hall–Kier alpha value is -2.62. The van der Waals surface area contributed by atoms with E-state index in [1.165, 1.54) is 4.90 Å². The van der Waals surface area contributed by atoms with Gasteiger partial charge in [0.15, 0.2) is 0 Å². The normalized spacial score (nSPS) is 30.8. The highest BCUT2D eigenvalue weighted by molar-refractivity contribution is 6.38. The van der Waals surface area contributed by atoms with E-state index in [-0.39, 0.29) is 11.8 Å². The lowest BCUT2D eigenvalue weighted by Crippen LogP contribution is -2.57. The number of hydrogen-bond acceptors (Lipinski definition) is 2. The van der Waals surface area contributed by atoms with Crippen LogP contribution in [0, 0.1) is 18.8 Å². The van der Waals surface area contributed by atoms with Crippen molar-refractivity contribution >= 4 is 40.7 Å². The summed E-state index contributed by atoms with van der Waals surface area (Å²) in [5, 5.41) is 0. The quantitative estimate of drug-likeness (QED) is 0.395. The third-order valence-corrected chi connectivity index (χ3v) is 8.23. The molecule has 2 atom stereocenters. The summed E-state index contributed by atoms with van der Waals surface area (Å²) in [6.07, 6.45) is 0. The summed E-state index contributed by atoms with van der Waals surface area (Å²) in [6, 6.07) is 22.7. The molecule has 3 aromatic carbocycles. The zero-order chi connectivity index (χ0) is 20.8. The highest BCUT2D eigenvalue weighted by Crippen LogP contribution is 2.69. The van der Waals surface area contributed by atoms with Gasteiger partial charge in [-0.1, -0.05) is 66.7 Å². The van der Waals surface area contributed by atoms with Crippen LogP contribution in [0.3, 0.4) is 0 Å². The second kappa shape index (κ2) is 5.75. The Labute approximate surface area is 184 Å². The minimum Gasteiger partial charge on any atom is -0.274 e. The second-order valence-electron chi connectivity index (χ2n) is 8.27. The first-order chi connectivity index (χ1) is 14.4. The fraction of sp³-hybridized carbons (Fsp3) is 0.200. The van der Waals surface area contributed by atoms with E-state index in [2.05, 4.69) is 0 Å². The van der Waals surface area contributed by atoms with Crippen LogP contribution in [-0.2, 0) is 19.3 Å². The van der Waals surface area contributed by atoms with Crippen LogP contribution in [0.15, 0.2) is 72.8 Å². The number of anilines is 1. The summed E-state index contributed by atoms with van der Waals surface area (Å²) in [7, 11) is 0. The number of aryl methyl sites for hydroxylation is 1. The second-order valence-corrected chi connectivity index (χ2v) is 9.46. The summed E-state index contributed by atoms with van der Waals surface area (Å²) in [6.45, 7) is 1.89. The summed E-state index contributed by atoms with van der Waals surface area (Å²) >= 11 is 14.8. The van der Waals surface area contributed by atoms with Crippen molar-refractivity contribution in [3.63, 3.8) is 0 Å². The SMILES string of the molecule is Cc1ccccc1N1C(=O)[C@@H]2[C@H](C1=O)C1(Cl)c3ccccc3C2(Cl)c2ccccc21. The zero-order valence-corrected chi connectivity index (χ0v) is 17.6. The van der Waals surface area contributed by atoms with Gasteiger partial charge >= 0.3 is 0 Å². The van der Waals surface area contributed by atoms with E-state index < -0.39 is 21.6 Å². The fourth-order valence-corrected chi connectivity index (χ4v) is 6.82. The van der Waals surface area contributed by atoms with E-state index >= 15 is 0 Å². The molecule has 148 valence electrons. The van der Waals surface area contributed by atoms with Crippen molar-refractivity contribution in [1.82, 2.24) is 0 Å². The average molecular weight is 434 g/mol. The van der Waals surface area contributed by atoms with Crippen LogP contribution in [0.5, 0.6) is 0 Å². The van der Waals surface area contributed by atoms with Gasteiger partial charge in [-0.15, -0.1) is 23.2 Å². The third kappa shape index (κ3) is 1.85. The lowest BCUT2D eigenvalue weighted by Gasteiger charge is -2.54. The molecule has 0 radical (unpaired) electrons. The number of para-hydroxylation sites is 1. The minimum atomic E-state index is -1.14. The first-order valence-electron chi connectivity index (χ1n) is 9.93. The first kappa shape index (κ1) is 18.2. The molecule has 2 bridgehead atoms.